The van der Waals surface area contributed by atoms with E-state index in [0.717, 1.165) is 16.7 Å². The van der Waals surface area contributed by atoms with Crippen LogP contribution in [0.3, 0.4) is 0 Å². The molecular weight excluding hydrogens is 236 g/mol. The summed E-state index contributed by atoms with van der Waals surface area (Å²) in [6.45, 7) is 3.41. The van der Waals surface area contributed by atoms with Gasteiger partial charge in [-0.25, -0.2) is 4.79 Å². The third kappa shape index (κ3) is 4.79. The van der Waals surface area contributed by atoms with Crippen molar-refractivity contribution in [1.82, 2.24) is 4.90 Å². The maximum atomic E-state index is 11.1. The minimum absolute atomic E-state index is 0.0477. The van der Waals surface area contributed by atoms with E-state index in [1.807, 2.05) is 0 Å². The number of rotatable bonds is 3. The maximum Gasteiger partial charge on any atom is 0.436 e. The van der Waals surface area contributed by atoms with E-state index in [-0.39, 0.29) is 18.3 Å². The molecule has 0 aromatic carbocycles. The van der Waals surface area contributed by atoms with Gasteiger partial charge in [0.15, 0.2) is 5.17 Å². The number of thioether (sulfide) groups is 1. The number of amides is 1. The van der Waals surface area contributed by atoms with Gasteiger partial charge in [-0.2, -0.15) is 4.99 Å². The average molecular weight is 252 g/mol. The monoisotopic (exact) mass is 252 g/mol. The van der Waals surface area contributed by atoms with E-state index < -0.39 is 12.2 Å². The molecule has 0 unspecified atom stereocenters. The topological polar surface area (TPSA) is 103 Å². The van der Waals surface area contributed by atoms with E-state index >= 15 is 0 Å². The summed E-state index contributed by atoms with van der Waals surface area (Å²) >= 11 is 0.979. The van der Waals surface area contributed by atoms with Gasteiger partial charge in [0.05, 0.1) is 6.61 Å². The lowest BCUT2D eigenvalue weighted by atomic mass is 10.6. The molecule has 1 amide bonds. The van der Waals surface area contributed by atoms with Crippen LogP contribution in [-0.2, 0) is 4.74 Å². The Morgan fingerprint density at radius 3 is 2.31 bits per heavy atom. The minimum atomic E-state index is -3.05. The summed E-state index contributed by atoms with van der Waals surface area (Å²) in [6.07, 6.45) is -2.33. The molecule has 0 aliphatic heterocycles. The Bertz CT molecular complexity index is 264. The van der Waals surface area contributed by atoms with Gasteiger partial charge in [0.1, 0.15) is 0 Å². The second-order valence-electron chi connectivity index (χ2n) is 2.64. The minimum Gasteiger partial charge on any atom is -0.448 e. The van der Waals surface area contributed by atoms with E-state index in [1.165, 1.54) is 0 Å². The molecule has 0 aliphatic carbocycles. The first kappa shape index (κ1) is 15.2. The van der Waals surface area contributed by atoms with Crippen molar-refractivity contribution in [2.75, 3.05) is 19.4 Å². The van der Waals surface area contributed by atoms with Gasteiger partial charge < -0.3 is 20.1 Å². The van der Waals surface area contributed by atoms with E-state index in [1.54, 1.807) is 20.1 Å². The zero-order valence-corrected chi connectivity index (χ0v) is 10.2. The molecule has 0 heterocycles. The lowest BCUT2D eigenvalue weighted by Gasteiger charge is -2.30. The Labute approximate surface area is 97.7 Å². The quantitative estimate of drug-likeness (QED) is 0.362. The second kappa shape index (κ2) is 6.69. The van der Waals surface area contributed by atoms with Gasteiger partial charge in [0.2, 0.25) is 0 Å². The van der Waals surface area contributed by atoms with Crippen LogP contribution in [0.2, 0.25) is 0 Å². The lowest BCUT2D eigenvalue weighted by Crippen LogP contribution is -2.51. The van der Waals surface area contributed by atoms with Gasteiger partial charge in [0.25, 0.3) is 0 Å². The third-order valence-electron chi connectivity index (χ3n) is 1.55. The van der Waals surface area contributed by atoms with E-state index in [4.69, 9.17) is 15.3 Å². The number of ether oxygens (including phenoxy) is 1. The highest BCUT2D eigenvalue weighted by Gasteiger charge is 2.31. The van der Waals surface area contributed by atoms with Gasteiger partial charge in [-0.1, -0.05) is 11.8 Å². The first-order chi connectivity index (χ1) is 7.36. The van der Waals surface area contributed by atoms with Crippen LogP contribution < -0.4 is 0 Å². The van der Waals surface area contributed by atoms with Crippen LogP contribution in [0.25, 0.3) is 0 Å². The van der Waals surface area contributed by atoms with Crippen molar-refractivity contribution in [3.63, 3.8) is 0 Å². The second-order valence-corrected chi connectivity index (χ2v) is 3.42. The van der Waals surface area contributed by atoms with Crippen LogP contribution in [0.4, 0.5) is 4.79 Å². The van der Waals surface area contributed by atoms with Gasteiger partial charge in [-0.3, -0.25) is 4.90 Å². The molecule has 7 nitrogen and oxygen atoms in total. The number of aliphatic hydroxyl groups is 3. The highest BCUT2D eigenvalue weighted by molar-refractivity contribution is 8.13. The fourth-order valence-corrected chi connectivity index (χ4v) is 1.56. The molecule has 0 aromatic heterocycles. The van der Waals surface area contributed by atoms with Gasteiger partial charge in [-0.15, -0.1) is 0 Å². The van der Waals surface area contributed by atoms with Crippen molar-refractivity contribution in [2.45, 2.75) is 19.9 Å². The van der Waals surface area contributed by atoms with Crippen LogP contribution in [0.15, 0.2) is 4.99 Å². The summed E-state index contributed by atoms with van der Waals surface area (Å²) in [4.78, 5) is 15.3. The molecular formula is C8H16N2O5S. The standard InChI is InChI=1S/C8H16N2O5S/c1-4-10(8(12,13)14)6(16-3)9-7(11)15-5-2/h12-14H,4-5H2,1-3H3. The highest BCUT2D eigenvalue weighted by atomic mass is 32.2. The Hall–Kier alpha value is -0.830. The number of hydrogen-bond acceptors (Lipinski definition) is 6. The normalized spacial score (nSPS) is 12.5. The molecule has 16 heavy (non-hydrogen) atoms. The first-order valence-electron chi connectivity index (χ1n) is 4.60. The maximum absolute atomic E-state index is 11.1. The molecule has 0 spiro atoms. The largest absolute Gasteiger partial charge is 0.448 e. The Morgan fingerprint density at radius 2 is 2.00 bits per heavy atom. The number of carbonyl (C=O) groups excluding carboxylic acids is 1. The predicted molar refractivity (Wildman–Crippen MR) is 59.7 cm³/mol. The number of hydrogen-bond donors (Lipinski definition) is 3. The zero-order chi connectivity index (χ0) is 12.8. The Kier molecular flexibility index (Phi) is 6.34. The summed E-state index contributed by atoms with van der Waals surface area (Å²) in [5.74, 6) is 0. The molecule has 0 bridgehead atoms. The smallest absolute Gasteiger partial charge is 0.436 e. The third-order valence-corrected chi connectivity index (χ3v) is 2.22. The molecule has 94 valence electrons. The van der Waals surface area contributed by atoms with Crippen molar-refractivity contribution >= 4 is 23.0 Å². The Balaban J connectivity index is 4.88. The van der Waals surface area contributed by atoms with Crippen molar-refractivity contribution in [2.24, 2.45) is 4.99 Å². The first-order valence-corrected chi connectivity index (χ1v) is 5.83. The van der Waals surface area contributed by atoms with Crippen molar-refractivity contribution in [1.29, 1.82) is 0 Å². The van der Waals surface area contributed by atoms with Crippen molar-refractivity contribution in [3.05, 3.63) is 0 Å². The highest BCUT2D eigenvalue weighted by Crippen LogP contribution is 2.13. The van der Waals surface area contributed by atoms with E-state index in [0.29, 0.717) is 0 Å². The van der Waals surface area contributed by atoms with Crippen molar-refractivity contribution < 1.29 is 24.9 Å². The van der Waals surface area contributed by atoms with Crippen LogP contribution in [0.1, 0.15) is 13.8 Å². The molecule has 0 saturated carbocycles. The van der Waals surface area contributed by atoms with Gasteiger partial charge in [0, 0.05) is 6.54 Å². The van der Waals surface area contributed by atoms with E-state index in [9.17, 15) is 4.79 Å². The fourth-order valence-electron chi connectivity index (χ4n) is 0.926. The summed E-state index contributed by atoms with van der Waals surface area (Å²) in [5, 5.41) is 27.0. The molecule has 0 aliphatic rings. The summed E-state index contributed by atoms with van der Waals surface area (Å²) in [5.41, 5.74) is 0. The molecule has 0 saturated heterocycles. The number of aliphatic imine (C=N–C) groups is 1. The SMILES string of the molecule is CCOC(=O)N=C(SC)N(CC)C(O)(O)O. The molecule has 3 N–H and O–H groups in total. The summed E-state index contributed by atoms with van der Waals surface area (Å²) < 4.78 is 4.57. The number of carbonyl (C=O) groups is 1. The van der Waals surface area contributed by atoms with Crippen LogP contribution >= 0.6 is 11.8 Å². The van der Waals surface area contributed by atoms with Crippen molar-refractivity contribution in [3.8, 4) is 0 Å². The molecule has 0 rings (SSSR count). The molecule has 8 heteroatoms. The summed E-state index contributed by atoms with van der Waals surface area (Å²) in [6, 6.07) is 0. The Morgan fingerprint density at radius 1 is 1.44 bits per heavy atom. The van der Waals surface area contributed by atoms with Crippen LogP contribution in [0.5, 0.6) is 0 Å². The zero-order valence-electron chi connectivity index (χ0n) is 9.38. The fraction of sp³-hybridized carbons (Fsp3) is 0.750. The number of nitrogens with zero attached hydrogens (tertiary/aromatic N) is 2. The molecule has 0 aromatic rings. The molecule has 0 atom stereocenters. The predicted octanol–water partition coefficient (Wildman–Crippen LogP) is -0.228. The van der Waals surface area contributed by atoms with E-state index in [2.05, 4.69) is 9.73 Å². The van der Waals surface area contributed by atoms with Gasteiger partial charge >= 0.3 is 12.2 Å². The van der Waals surface area contributed by atoms with Crippen LogP contribution in [-0.4, -0.2) is 57.0 Å². The van der Waals surface area contributed by atoms with Gasteiger partial charge in [-0.05, 0) is 20.1 Å². The molecule has 0 fully saturated rings. The lowest BCUT2D eigenvalue weighted by molar-refractivity contribution is -0.373. The summed E-state index contributed by atoms with van der Waals surface area (Å²) in [7, 11) is 0. The van der Waals surface area contributed by atoms with Crippen LogP contribution in [0, 0.1) is 0 Å². The molecule has 0 radical (unpaired) electrons. The number of amidine groups is 1. The average Bonchev–Trinajstić information content (AvgIpc) is 2.15.